The van der Waals surface area contributed by atoms with Gasteiger partial charge in [0.25, 0.3) is 0 Å². The monoisotopic (exact) mass is 187 g/mol. The normalized spacial score (nSPS) is 9.07. The lowest BCUT2D eigenvalue weighted by atomic mass is 10.2. The van der Waals surface area contributed by atoms with Crippen molar-refractivity contribution in [3.8, 4) is 11.8 Å². The molecule has 0 unspecified atom stereocenters. The van der Waals surface area contributed by atoms with E-state index in [1.807, 2.05) is 6.92 Å². The van der Waals surface area contributed by atoms with E-state index in [0.717, 1.165) is 18.7 Å². The van der Waals surface area contributed by atoms with E-state index < -0.39 is 0 Å². The number of anilines is 1. The predicted octanol–water partition coefficient (Wildman–Crippen LogP) is 2.90. The molecular weight excluding hydrogens is 170 g/mol. The smallest absolute Gasteiger partial charge is 0.0366 e. The molecule has 1 nitrogen and oxygen atoms in total. The summed E-state index contributed by atoms with van der Waals surface area (Å²) in [6.45, 7) is 8.30. The van der Waals surface area contributed by atoms with Crippen LogP contribution < -0.4 is 4.90 Å². The lowest BCUT2D eigenvalue weighted by Crippen LogP contribution is -2.21. The van der Waals surface area contributed by atoms with Gasteiger partial charge in [0.15, 0.2) is 0 Å². The maximum Gasteiger partial charge on any atom is 0.0366 e. The Morgan fingerprint density at radius 2 is 1.64 bits per heavy atom. The van der Waals surface area contributed by atoms with Crippen molar-refractivity contribution in [2.75, 3.05) is 18.0 Å². The van der Waals surface area contributed by atoms with Crippen LogP contribution in [0, 0.1) is 11.8 Å². The Hall–Kier alpha value is -1.42. The Morgan fingerprint density at radius 3 is 2.07 bits per heavy atom. The zero-order valence-electron chi connectivity index (χ0n) is 9.17. The van der Waals surface area contributed by atoms with Crippen LogP contribution in [0.25, 0.3) is 0 Å². The lowest BCUT2D eigenvalue weighted by molar-refractivity contribution is 0.866. The van der Waals surface area contributed by atoms with Crippen LogP contribution >= 0.6 is 0 Å². The predicted molar refractivity (Wildman–Crippen MR) is 62.6 cm³/mol. The van der Waals surface area contributed by atoms with E-state index in [0.29, 0.717) is 0 Å². The number of benzene rings is 1. The first-order valence-corrected chi connectivity index (χ1v) is 5.09. The Bertz CT molecular complexity index is 322. The van der Waals surface area contributed by atoms with Gasteiger partial charge in [-0.25, -0.2) is 0 Å². The fraction of sp³-hybridized carbons (Fsp3) is 0.385. The lowest BCUT2D eigenvalue weighted by Gasteiger charge is -2.20. The third kappa shape index (κ3) is 2.53. The molecule has 0 atom stereocenters. The van der Waals surface area contributed by atoms with Gasteiger partial charge in [-0.2, -0.15) is 0 Å². The second-order valence-electron chi connectivity index (χ2n) is 3.09. The molecular formula is C13H17N. The average molecular weight is 187 g/mol. The molecule has 0 amide bonds. The van der Waals surface area contributed by atoms with E-state index in [1.54, 1.807) is 0 Å². The van der Waals surface area contributed by atoms with E-state index >= 15 is 0 Å². The van der Waals surface area contributed by atoms with Gasteiger partial charge in [-0.3, -0.25) is 0 Å². The molecule has 0 aliphatic heterocycles. The molecule has 0 aromatic heterocycles. The summed E-state index contributed by atoms with van der Waals surface area (Å²) in [6, 6.07) is 8.41. The fourth-order valence-electron chi connectivity index (χ4n) is 1.49. The van der Waals surface area contributed by atoms with Crippen molar-refractivity contribution in [2.45, 2.75) is 20.8 Å². The minimum Gasteiger partial charge on any atom is -0.372 e. The summed E-state index contributed by atoms with van der Waals surface area (Å²) < 4.78 is 0. The minimum atomic E-state index is 1.05. The van der Waals surface area contributed by atoms with Crippen LogP contribution in [0.3, 0.4) is 0 Å². The molecule has 1 aromatic carbocycles. The van der Waals surface area contributed by atoms with Crippen molar-refractivity contribution in [2.24, 2.45) is 0 Å². The molecule has 1 heteroatoms. The third-order valence-electron chi connectivity index (χ3n) is 2.27. The largest absolute Gasteiger partial charge is 0.372 e. The van der Waals surface area contributed by atoms with Gasteiger partial charge in [-0.15, -0.1) is 5.92 Å². The molecule has 0 heterocycles. The highest BCUT2D eigenvalue weighted by molar-refractivity contribution is 5.50. The fourth-order valence-corrected chi connectivity index (χ4v) is 1.49. The van der Waals surface area contributed by atoms with Crippen LogP contribution in [-0.4, -0.2) is 13.1 Å². The molecule has 0 bridgehead atoms. The van der Waals surface area contributed by atoms with Crippen molar-refractivity contribution in [3.63, 3.8) is 0 Å². The summed E-state index contributed by atoms with van der Waals surface area (Å²) in [5.74, 6) is 5.94. The summed E-state index contributed by atoms with van der Waals surface area (Å²) in [5.41, 5.74) is 2.36. The SMILES string of the molecule is CC#Cc1ccc(N(CC)CC)cc1. The second kappa shape index (κ2) is 5.34. The maximum atomic E-state index is 3.04. The van der Waals surface area contributed by atoms with Crippen LogP contribution in [0.1, 0.15) is 26.3 Å². The Balaban J connectivity index is 2.85. The molecule has 0 aliphatic carbocycles. The van der Waals surface area contributed by atoms with Crippen molar-refractivity contribution < 1.29 is 0 Å². The second-order valence-corrected chi connectivity index (χ2v) is 3.09. The van der Waals surface area contributed by atoms with E-state index in [1.165, 1.54) is 5.69 Å². The quantitative estimate of drug-likeness (QED) is 0.658. The molecule has 14 heavy (non-hydrogen) atoms. The molecule has 0 saturated carbocycles. The van der Waals surface area contributed by atoms with Gasteiger partial charge in [0, 0.05) is 24.3 Å². The van der Waals surface area contributed by atoms with E-state index in [-0.39, 0.29) is 0 Å². The molecule has 0 radical (unpaired) electrons. The minimum absolute atomic E-state index is 1.05. The van der Waals surface area contributed by atoms with E-state index in [4.69, 9.17) is 0 Å². The Morgan fingerprint density at radius 1 is 1.07 bits per heavy atom. The highest BCUT2D eigenvalue weighted by atomic mass is 15.1. The third-order valence-corrected chi connectivity index (χ3v) is 2.27. The molecule has 1 rings (SSSR count). The molecule has 0 N–H and O–H groups in total. The molecule has 0 saturated heterocycles. The van der Waals surface area contributed by atoms with Crippen LogP contribution in [0.2, 0.25) is 0 Å². The molecule has 0 fully saturated rings. The van der Waals surface area contributed by atoms with Gasteiger partial charge < -0.3 is 4.90 Å². The van der Waals surface area contributed by atoms with Gasteiger partial charge in [0.1, 0.15) is 0 Å². The highest BCUT2D eigenvalue weighted by Crippen LogP contribution is 2.14. The van der Waals surface area contributed by atoms with Gasteiger partial charge in [0.2, 0.25) is 0 Å². The Kier molecular flexibility index (Phi) is 4.07. The number of rotatable bonds is 3. The van der Waals surface area contributed by atoms with Crippen LogP contribution in [0.15, 0.2) is 24.3 Å². The van der Waals surface area contributed by atoms with Crippen molar-refractivity contribution >= 4 is 5.69 Å². The van der Waals surface area contributed by atoms with Gasteiger partial charge in [-0.05, 0) is 45.0 Å². The molecule has 0 aliphatic rings. The summed E-state index contributed by atoms with van der Waals surface area (Å²) in [7, 11) is 0. The molecule has 74 valence electrons. The van der Waals surface area contributed by atoms with Crippen molar-refractivity contribution in [3.05, 3.63) is 29.8 Å². The van der Waals surface area contributed by atoms with E-state index in [9.17, 15) is 0 Å². The van der Waals surface area contributed by atoms with Gasteiger partial charge in [0.05, 0.1) is 0 Å². The maximum absolute atomic E-state index is 3.04. The first-order valence-electron chi connectivity index (χ1n) is 5.09. The first-order chi connectivity index (χ1) is 6.81. The standard InChI is InChI=1S/C13H17N/c1-4-7-12-8-10-13(11-9-12)14(5-2)6-3/h8-11H,5-6H2,1-3H3. The zero-order chi connectivity index (χ0) is 10.4. The summed E-state index contributed by atoms with van der Waals surface area (Å²) in [6.07, 6.45) is 0. The van der Waals surface area contributed by atoms with E-state index in [2.05, 4.69) is 54.9 Å². The Labute approximate surface area is 86.7 Å². The highest BCUT2D eigenvalue weighted by Gasteiger charge is 1.99. The van der Waals surface area contributed by atoms with Crippen LogP contribution in [0.5, 0.6) is 0 Å². The number of nitrogens with zero attached hydrogens (tertiary/aromatic N) is 1. The summed E-state index contributed by atoms with van der Waals surface area (Å²) in [4.78, 5) is 2.32. The van der Waals surface area contributed by atoms with Gasteiger partial charge >= 0.3 is 0 Å². The summed E-state index contributed by atoms with van der Waals surface area (Å²) in [5, 5.41) is 0. The number of hydrogen-bond donors (Lipinski definition) is 0. The average Bonchev–Trinajstić information content (AvgIpc) is 2.23. The van der Waals surface area contributed by atoms with Crippen molar-refractivity contribution in [1.29, 1.82) is 0 Å². The van der Waals surface area contributed by atoms with Crippen LogP contribution in [-0.2, 0) is 0 Å². The first kappa shape index (κ1) is 10.7. The topological polar surface area (TPSA) is 3.24 Å². The zero-order valence-corrected chi connectivity index (χ0v) is 9.17. The van der Waals surface area contributed by atoms with Crippen molar-refractivity contribution in [1.82, 2.24) is 0 Å². The van der Waals surface area contributed by atoms with Crippen LogP contribution in [0.4, 0.5) is 5.69 Å². The van der Waals surface area contributed by atoms with Gasteiger partial charge in [-0.1, -0.05) is 5.92 Å². The number of hydrogen-bond acceptors (Lipinski definition) is 1. The molecule has 1 aromatic rings. The molecule has 0 spiro atoms. The summed E-state index contributed by atoms with van der Waals surface area (Å²) >= 11 is 0.